The lowest BCUT2D eigenvalue weighted by atomic mass is 10.2. The van der Waals surface area contributed by atoms with Crippen molar-refractivity contribution in [1.29, 1.82) is 0 Å². The lowest BCUT2D eigenvalue weighted by Gasteiger charge is -2.13. The van der Waals surface area contributed by atoms with Crippen LogP contribution in [0, 0.1) is 0 Å². The molecule has 0 aromatic heterocycles. The van der Waals surface area contributed by atoms with E-state index in [0.29, 0.717) is 26.6 Å². The molecule has 2 aromatic carbocycles. The van der Waals surface area contributed by atoms with Gasteiger partial charge in [-0.25, -0.2) is 0 Å². The van der Waals surface area contributed by atoms with Crippen LogP contribution in [-0.4, -0.2) is 21.1 Å². The van der Waals surface area contributed by atoms with Crippen molar-refractivity contribution < 1.29 is 14.3 Å². The predicted octanol–water partition coefficient (Wildman–Crippen LogP) is 4.17. The number of ether oxygens (including phenoxy) is 1. The van der Waals surface area contributed by atoms with E-state index >= 15 is 0 Å². The summed E-state index contributed by atoms with van der Waals surface area (Å²) in [4.78, 5) is 23.9. The van der Waals surface area contributed by atoms with Crippen LogP contribution >= 0.6 is 35.6 Å². The zero-order valence-electron chi connectivity index (χ0n) is 14.3. The fraction of sp³-hybridized carbons (Fsp3) is 0.105. The number of benzene rings is 2. The van der Waals surface area contributed by atoms with Gasteiger partial charge in [0.1, 0.15) is 12.4 Å². The van der Waals surface area contributed by atoms with E-state index in [1.54, 1.807) is 6.08 Å². The summed E-state index contributed by atoms with van der Waals surface area (Å²) >= 11 is 12.1. The Morgan fingerprint density at radius 2 is 1.89 bits per heavy atom. The molecule has 138 valence electrons. The molecule has 1 fully saturated rings. The third-order valence-electron chi connectivity index (χ3n) is 3.56. The van der Waals surface area contributed by atoms with E-state index in [4.69, 9.17) is 28.6 Å². The number of hydrogen-bond acceptors (Lipinski definition) is 5. The van der Waals surface area contributed by atoms with Gasteiger partial charge in [-0.2, -0.15) is 5.01 Å². The number of thioether (sulfide) groups is 1. The SMILES string of the molecule is CC(=O)NN1C(=O)/C(=C/c2ccc(OCc3ccc(Cl)cc3)cc2)SC1=S. The summed E-state index contributed by atoms with van der Waals surface area (Å²) in [6.45, 7) is 1.76. The van der Waals surface area contributed by atoms with Crippen LogP contribution in [0.15, 0.2) is 53.4 Å². The van der Waals surface area contributed by atoms with E-state index in [-0.39, 0.29) is 11.8 Å². The van der Waals surface area contributed by atoms with Gasteiger partial charge < -0.3 is 4.74 Å². The highest BCUT2D eigenvalue weighted by molar-refractivity contribution is 8.26. The molecule has 0 radical (unpaired) electrons. The molecular formula is C19H15ClN2O3S2. The van der Waals surface area contributed by atoms with Crippen molar-refractivity contribution in [3.8, 4) is 5.75 Å². The van der Waals surface area contributed by atoms with Crippen LogP contribution in [0.5, 0.6) is 5.75 Å². The van der Waals surface area contributed by atoms with Crippen molar-refractivity contribution in [2.24, 2.45) is 0 Å². The van der Waals surface area contributed by atoms with Crippen LogP contribution < -0.4 is 10.2 Å². The Bertz CT molecular complexity index is 912. The smallest absolute Gasteiger partial charge is 0.285 e. The minimum atomic E-state index is -0.352. The fourth-order valence-electron chi connectivity index (χ4n) is 2.28. The summed E-state index contributed by atoms with van der Waals surface area (Å²) in [5.74, 6) is 0.0194. The molecule has 1 saturated heterocycles. The van der Waals surface area contributed by atoms with Gasteiger partial charge >= 0.3 is 0 Å². The average Bonchev–Trinajstić information content (AvgIpc) is 2.89. The van der Waals surface area contributed by atoms with Crippen LogP contribution in [-0.2, 0) is 16.2 Å². The standard InChI is InChI=1S/C19H15ClN2O3S2/c1-12(23)21-22-18(24)17(27-19(22)26)10-13-4-8-16(9-5-13)25-11-14-2-6-15(20)7-3-14/h2-10H,11H2,1H3,(H,21,23)/b17-10-. The topological polar surface area (TPSA) is 58.6 Å². The molecular weight excluding hydrogens is 404 g/mol. The molecule has 1 aliphatic rings. The number of halogens is 1. The summed E-state index contributed by atoms with van der Waals surface area (Å²) in [6.07, 6.45) is 1.73. The number of carbonyl (C=O) groups is 2. The van der Waals surface area contributed by atoms with Gasteiger partial charge in [0.2, 0.25) is 5.91 Å². The third-order valence-corrected chi connectivity index (χ3v) is 5.11. The normalized spacial score (nSPS) is 15.3. The first-order valence-corrected chi connectivity index (χ1v) is 9.55. The maximum Gasteiger partial charge on any atom is 0.285 e. The minimum Gasteiger partial charge on any atom is -0.489 e. The molecule has 3 rings (SSSR count). The van der Waals surface area contributed by atoms with Crippen LogP contribution in [0.25, 0.3) is 6.08 Å². The van der Waals surface area contributed by atoms with Crippen molar-refractivity contribution >= 4 is 57.8 Å². The van der Waals surface area contributed by atoms with Gasteiger partial charge in [-0.1, -0.05) is 47.6 Å². The van der Waals surface area contributed by atoms with E-state index < -0.39 is 0 Å². The van der Waals surface area contributed by atoms with Crippen molar-refractivity contribution in [3.05, 3.63) is 69.6 Å². The Morgan fingerprint density at radius 3 is 2.52 bits per heavy atom. The van der Waals surface area contributed by atoms with Gasteiger partial charge in [0.05, 0.1) is 4.91 Å². The lowest BCUT2D eigenvalue weighted by Crippen LogP contribution is -2.43. The van der Waals surface area contributed by atoms with Gasteiger partial charge in [-0.3, -0.25) is 15.0 Å². The molecule has 27 heavy (non-hydrogen) atoms. The quantitative estimate of drug-likeness (QED) is 0.583. The van der Waals surface area contributed by atoms with Crippen LogP contribution in [0.1, 0.15) is 18.1 Å². The lowest BCUT2D eigenvalue weighted by molar-refractivity contribution is -0.131. The van der Waals surface area contributed by atoms with Crippen molar-refractivity contribution in [2.75, 3.05) is 0 Å². The van der Waals surface area contributed by atoms with E-state index in [1.807, 2.05) is 48.5 Å². The largest absolute Gasteiger partial charge is 0.489 e. The Kier molecular flexibility index (Phi) is 6.15. The molecule has 0 unspecified atom stereocenters. The van der Waals surface area contributed by atoms with Crippen LogP contribution in [0.4, 0.5) is 0 Å². The summed E-state index contributed by atoms with van der Waals surface area (Å²) in [5.41, 5.74) is 4.26. The molecule has 1 aliphatic heterocycles. The molecule has 5 nitrogen and oxygen atoms in total. The number of rotatable bonds is 5. The zero-order chi connectivity index (χ0) is 19.4. The van der Waals surface area contributed by atoms with Gasteiger partial charge in [-0.05, 0) is 53.7 Å². The van der Waals surface area contributed by atoms with Gasteiger partial charge in [0, 0.05) is 11.9 Å². The molecule has 2 aromatic rings. The van der Waals surface area contributed by atoms with Crippen molar-refractivity contribution in [3.63, 3.8) is 0 Å². The monoisotopic (exact) mass is 418 g/mol. The molecule has 0 bridgehead atoms. The van der Waals surface area contributed by atoms with Gasteiger partial charge in [-0.15, -0.1) is 0 Å². The van der Waals surface area contributed by atoms with E-state index in [1.165, 1.54) is 6.92 Å². The fourth-order valence-corrected chi connectivity index (χ4v) is 3.59. The van der Waals surface area contributed by atoms with Gasteiger partial charge in [0.15, 0.2) is 4.32 Å². The Balaban J connectivity index is 1.64. The summed E-state index contributed by atoms with van der Waals surface area (Å²) < 4.78 is 6.04. The Hall–Kier alpha value is -2.35. The zero-order valence-corrected chi connectivity index (χ0v) is 16.7. The molecule has 1 heterocycles. The second kappa shape index (κ2) is 8.56. The summed E-state index contributed by atoms with van der Waals surface area (Å²) in [6, 6.07) is 14.8. The number of thiocarbonyl (C=S) groups is 1. The highest BCUT2D eigenvalue weighted by Crippen LogP contribution is 2.31. The predicted molar refractivity (Wildman–Crippen MR) is 111 cm³/mol. The van der Waals surface area contributed by atoms with Gasteiger partial charge in [0.25, 0.3) is 5.91 Å². The van der Waals surface area contributed by atoms with Crippen LogP contribution in [0.3, 0.4) is 0 Å². The number of hydrazine groups is 1. The summed E-state index contributed by atoms with van der Waals surface area (Å²) in [5, 5.41) is 1.77. The number of nitrogens with one attached hydrogen (secondary N) is 1. The first-order valence-electron chi connectivity index (χ1n) is 7.95. The Labute approximate surface area is 171 Å². The first-order chi connectivity index (χ1) is 12.9. The maximum atomic E-state index is 12.3. The summed E-state index contributed by atoms with van der Waals surface area (Å²) in [7, 11) is 0. The molecule has 0 atom stereocenters. The Morgan fingerprint density at radius 1 is 1.22 bits per heavy atom. The second-order valence-corrected chi connectivity index (χ2v) is 7.78. The highest BCUT2D eigenvalue weighted by Gasteiger charge is 2.32. The molecule has 2 amide bonds. The van der Waals surface area contributed by atoms with Crippen molar-refractivity contribution in [2.45, 2.75) is 13.5 Å². The molecule has 8 heteroatoms. The van der Waals surface area contributed by atoms with E-state index in [0.717, 1.165) is 27.9 Å². The number of carbonyl (C=O) groups excluding carboxylic acids is 2. The van der Waals surface area contributed by atoms with Crippen LogP contribution in [0.2, 0.25) is 5.02 Å². The maximum absolute atomic E-state index is 12.3. The van der Waals surface area contributed by atoms with E-state index in [9.17, 15) is 9.59 Å². The van der Waals surface area contributed by atoms with E-state index in [2.05, 4.69) is 5.43 Å². The molecule has 1 N–H and O–H groups in total. The first kappa shape index (κ1) is 19.4. The molecule has 0 spiro atoms. The number of amides is 2. The number of nitrogens with zero attached hydrogens (tertiary/aromatic N) is 1. The molecule has 0 saturated carbocycles. The average molecular weight is 419 g/mol. The highest BCUT2D eigenvalue weighted by atomic mass is 35.5. The minimum absolute atomic E-state index is 0.296. The van der Waals surface area contributed by atoms with Crippen molar-refractivity contribution in [1.82, 2.24) is 10.4 Å². The number of hydrogen-bond donors (Lipinski definition) is 1. The third kappa shape index (κ3) is 5.09. The second-order valence-electron chi connectivity index (χ2n) is 5.67. The molecule has 0 aliphatic carbocycles.